The van der Waals surface area contributed by atoms with Gasteiger partial charge < -0.3 is 11.1 Å². The number of hydrogen-bond donors (Lipinski definition) is 3. The molecule has 0 aromatic heterocycles. The molecule has 5 N–H and O–H groups in total. The minimum atomic E-state index is -3.67. The van der Waals surface area contributed by atoms with Crippen LogP contribution in [0.2, 0.25) is 0 Å². The van der Waals surface area contributed by atoms with E-state index >= 15 is 0 Å². The molecule has 0 unspecified atom stereocenters. The van der Waals surface area contributed by atoms with Crippen molar-refractivity contribution in [2.24, 2.45) is 15.9 Å². The van der Waals surface area contributed by atoms with E-state index in [2.05, 4.69) is 10.3 Å². The summed E-state index contributed by atoms with van der Waals surface area (Å²) in [4.78, 5) is 4.34. The van der Waals surface area contributed by atoms with E-state index in [1.165, 1.54) is 12.1 Å². The Morgan fingerprint density at radius 2 is 1.90 bits per heavy atom. The SMILES string of the molecule is Cc1cc(S(N)(=O)=O)ccc1CN=C(N)NC(C)(C)C.I. The van der Waals surface area contributed by atoms with Crippen LogP contribution in [0.15, 0.2) is 28.1 Å². The number of nitrogens with one attached hydrogen (secondary N) is 1. The van der Waals surface area contributed by atoms with Crippen molar-refractivity contribution in [3.05, 3.63) is 29.3 Å². The molecular formula is C13H23IN4O2S. The number of nitrogens with two attached hydrogens (primary N) is 2. The molecule has 0 aliphatic rings. The van der Waals surface area contributed by atoms with Gasteiger partial charge in [0, 0.05) is 5.54 Å². The Morgan fingerprint density at radius 1 is 1.33 bits per heavy atom. The number of rotatable bonds is 3. The second kappa shape index (κ2) is 7.41. The third-order valence-corrected chi connectivity index (χ3v) is 3.48. The molecule has 0 fully saturated rings. The van der Waals surface area contributed by atoms with Gasteiger partial charge in [-0.2, -0.15) is 0 Å². The van der Waals surface area contributed by atoms with Crippen molar-refractivity contribution in [1.29, 1.82) is 0 Å². The molecule has 0 bridgehead atoms. The monoisotopic (exact) mass is 426 g/mol. The van der Waals surface area contributed by atoms with Gasteiger partial charge in [-0.15, -0.1) is 24.0 Å². The molecule has 8 heteroatoms. The number of guanidine groups is 1. The van der Waals surface area contributed by atoms with Crippen molar-refractivity contribution in [2.45, 2.75) is 44.7 Å². The molecule has 0 heterocycles. The lowest BCUT2D eigenvalue weighted by molar-refractivity contribution is 0.508. The van der Waals surface area contributed by atoms with Gasteiger partial charge in [-0.3, -0.25) is 0 Å². The Balaban J connectivity index is 0.00000400. The van der Waals surface area contributed by atoms with E-state index in [4.69, 9.17) is 10.9 Å². The average molecular weight is 426 g/mol. The van der Waals surface area contributed by atoms with Crippen molar-refractivity contribution in [1.82, 2.24) is 5.32 Å². The largest absolute Gasteiger partial charge is 0.370 e. The lowest BCUT2D eigenvalue weighted by atomic mass is 10.1. The topological polar surface area (TPSA) is 111 Å². The van der Waals surface area contributed by atoms with Gasteiger partial charge in [0.25, 0.3) is 0 Å². The van der Waals surface area contributed by atoms with Gasteiger partial charge in [0.1, 0.15) is 0 Å². The minimum Gasteiger partial charge on any atom is -0.370 e. The van der Waals surface area contributed by atoms with Crippen LogP contribution in [0.5, 0.6) is 0 Å². The highest BCUT2D eigenvalue weighted by Crippen LogP contribution is 2.15. The van der Waals surface area contributed by atoms with E-state index < -0.39 is 10.0 Å². The number of sulfonamides is 1. The van der Waals surface area contributed by atoms with Gasteiger partial charge in [0.2, 0.25) is 10.0 Å². The average Bonchev–Trinajstić information content (AvgIpc) is 2.23. The van der Waals surface area contributed by atoms with Crippen LogP contribution >= 0.6 is 24.0 Å². The van der Waals surface area contributed by atoms with Crippen molar-refractivity contribution in [3.8, 4) is 0 Å². The van der Waals surface area contributed by atoms with Crippen LogP contribution in [0.1, 0.15) is 31.9 Å². The standard InChI is InChI=1S/C13H22N4O2S.HI/c1-9-7-11(20(15,18)19)6-5-10(9)8-16-12(14)17-13(2,3)4;/h5-7H,8H2,1-4H3,(H3,14,16,17)(H2,15,18,19);1H. The highest BCUT2D eigenvalue weighted by molar-refractivity contribution is 14.0. The molecule has 1 rings (SSSR count). The second-order valence-electron chi connectivity index (χ2n) is 5.71. The Hall–Kier alpha value is -0.870. The number of aliphatic imine (C=N–C) groups is 1. The molecule has 0 saturated carbocycles. The van der Waals surface area contributed by atoms with E-state index in [-0.39, 0.29) is 34.4 Å². The quantitative estimate of drug-likeness (QED) is 0.386. The lowest BCUT2D eigenvalue weighted by Gasteiger charge is -2.21. The fourth-order valence-corrected chi connectivity index (χ4v) is 2.22. The first-order chi connectivity index (χ1) is 8.99. The Morgan fingerprint density at radius 3 is 2.33 bits per heavy atom. The molecule has 0 aliphatic heterocycles. The molecule has 0 spiro atoms. The van der Waals surface area contributed by atoms with E-state index in [9.17, 15) is 8.42 Å². The maximum absolute atomic E-state index is 11.2. The molecule has 6 nitrogen and oxygen atoms in total. The van der Waals surface area contributed by atoms with Gasteiger partial charge in [0.15, 0.2) is 5.96 Å². The summed E-state index contributed by atoms with van der Waals surface area (Å²) in [5.41, 5.74) is 7.34. The van der Waals surface area contributed by atoms with Crippen LogP contribution in [0.4, 0.5) is 0 Å². The molecule has 1 aromatic rings. The Labute approximate surface area is 143 Å². The fraction of sp³-hybridized carbons (Fsp3) is 0.462. The number of nitrogens with zero attached hydrogens (tertiary/aromatic N) is 1. The van der Waals surface area contributed by atoms with E-state index in [0.717, 1.165) is 11.1 Å². The van der Waals surface area contributed by atoms with E-state index in [1.54, 1.807) is 6.07 Å². The zero-order valence-electron chi connectivity index (χ0n) is 12.7. The summed E-state index contributed by atoms with van der Waals surface area (Å²) in [6.07, 6.45) is 0. The third-order valence-electron chi connectivity index (χ3n) is 2.57. The molecular weight excluding hydrogens is 403 g/mol. The molecule has 0 atom stereocenters. The van der Waals surface area contributed by atoms with Crippen molar-refractivity contribution in [2.75, 3.05) is 0 Å². The summed E-state index contributed by atoms with van der Waals surface area (Å²) >= 11 is 0. The summed E-state index contributed by atoms with van der Waals surface area (Å²) in [7, 11) is -3.67. The van der Waals surface area contributed by atoms with E-state index in [0.29, 0.717) is 12.5 Å². The number of aryl methyl sites for hydroxylation is 1. The first-order valence-electron chi connectivity index (χ1n) is 6.19. The summed E-state index contributed by atoms with van der Waals surface area (Å²) in [6, 6.07) is 4.71. The van der Waals surface area contributed by atoms with Crippen LogP contribution in [-0.2, 0) is 16.6 Å². The number of halogens is 1. The molecule has 21 heavy (non-hydrogen) atoms. The van der Waals surface area contributed by atoms with Gasteiger partial charge in [0.05, 0.1) is 11.4 Å². The van der Waals surface area contributed by atoms with Crippen LogP contribution in [0.3, 0.4) is 0 Å². The van der Waals surface area contributed by atoms with Crippen molar-refractivity contribution < 1.29 is 8.42 Å². The summed E-state index contributed by atoms with van der Waals surface area (Å²) in [6.45, 7) is 8.16. The van der Waals surface area contributed by atoms with Gasteiger partial charge in [-0.25, -0.2) is 18.5 Å². The molecule has 1 aromatic carbocycles. The first-order valence-corrected chi connectivity index (χ1v) is 7.74. The maximum Gasteiger partial charge on any atom is 0.238 e. The minimum absolute atomic E-state index is 0. The van der Waals surface area contributed by atoms with Crippen molar-refractivity contribution in [3.63, 3.8) is 0 Å². The summed E-state index contributed by atoms with van der Waals surface area (Å²) < 4.78 is 22.5. The van der Waals surface area contributed by atoms with Crippen LogP contribution < -0.4 is 16.2 Å². The van der Waals surface area contributed by atoms with Gasteiger partial charge in [-0.1, -0.05) is 6.07 Å². The van der Waals surface area contributed by atoms with Crippen molar-refractivity contribution >= 4 is 40.0 Å². The van der Waals surface area contributed by atoms with Crippen LogP contribution in [0.25, 0.3) is 0 Å². The van der Waals surface area contributed by atoms with Crippen LogP contribution in [0, 0.1) is 6.92 Å². The van der Waals surface area contributed by atoms with E-state index in [1.807, 2.05) is 27.7 Å². The zero-order chi connectivity index (χ0) is 15.6. The normalized spacial score (nSPS) is 12.7. The zero-order valence-corrected chi connectivity index (χ0v) is 15.8. The lowest BCUT2D eigenvalue weighted by Crippen LogP contribution is -2.44. The fourth-order valence-electron chi connectivity index (χ4n) is 1.62. The Kier molecular flexibility index (Phi) is 7.10. The van der Waals surface area contributed by atoms with Crippen LogP contribution in [-0.4, -0.2) is 19.9 Å². The molecule has 120 valence electrons. The maximum atomic E-state index is 11.2. The van der Waals surface area contributed by atoms with Gasteiger partial charge >= 0.3 is 0 Å². The number of primary sulfonamides is 1. The highest BCUT2D eigenvalue weighted by Gasteiger charge is 2.11. The van der Waals surface area contributed by atoms with Gasteiger partial charge in [-0.05, 0) is 51.0 Å². The summed E-state index contributed by atoms with van der Waals surface area (Å²) in [5.74, 6) is 0.354. The number of benzene rings is 1. The second-order valence-corrected chi connectivity index (χ2v) is 7.27. The summed E-state index contributed by atoms with van der Waals surface area (Å²) in [5, 5.41) is 8.14. The third kappa shape index (κ3) is 7.09. The predicted octanol–water partition coefficient (Wildman–Crippen LogP) is 1.46. The molecule has 0 radical (unpaired) electrons. The smallest absolute Gasteiger partial charge is 0.238 e. The Bertz CT molecular complexity index is 622. The number of hydrogen-bond acceptors (Lipinski definition) is 3. The highest BCUT2D eigenvalue weighted by atomic mass is 127. The predicted molar refractivity (Wildman–Crippen MR) is 96.2 cm³/mol. The first kappa shape index (κ1) is 20.1. The molecule has 0 saturated heterocycles. The molecule has 0 aliphatic carbocycles. The molecule has 0 amide bonds.